The first kappa shape index (κ1) is 25.8. The normalized spacial score (nSPS) is 13.8. The first-order chi connectivity index (χ1) is 18.1. The summed E-state index contributed by atoms with van der Waals surface area (Å²) in [7, 11) is 0. The van der Waals surface area contributed by atoms with Gasteiger partial charge in [0.25, 0.3) is 0 Å². The van der Waals surface area contributed by atoms with Crippen molar-refractivity contribution in [3.05, 3.63) is 70.7 Å². The molecule has 0 spiro atoms. The molecule has 0 radical (unpaired) electrons. The van der Waals surface area contributed by atoms with Crippen LogP contribution in [-0.4, -0.2) is 36.1 Å². The van der Waals surface area contributed by atoms with Crippen LogP contribution in [0.25, 0.3) is 32.8 Å². The highest BCUT2D eigenvalue weighted by Gasteiger charge is 2.34. The third kappa shape index (κ3) is 4.41. The zero-order chi connectivity index (χ0) is 27.2. The molecule has 2 heterocycles. The maximum absolute atomic E-state index is 15.5. The average molecular weight is 516 g/mol. The Kier molecular flexibility index (Phi) is 6.65. The quantitative estimate of drug-likeness (QED) is 0.211. The lowest BCUT2D eigenvalue weighted by molar-refractivity contribution is -0.166. The molecule has 0 saturated heterocycles. The van der Waals surface area contributed by atoms with Gasteiger partial charge in [0.2, 0.25) is 0 Å². The van der Waals surface area contributed by atoms with E-state index in [2.05, 4.69) is 0 Å². The minimum absolute atomic E-state index is 0.0353. The number of carbonyl (C=O) groups excluding carboxylic acids is 2. The van der Waals surface area contributed by atoms with E-state index in [4.69, 9.17) is 19.2 Å². The van der Waals surface area contributed by atoms with Gasteiger partial charge >= 0.3 is 5.97 Å². The average Bonchev–Trinajstić information content (AvgIpc) is 2.88. The lowest BCUT2D eigenvalue weighted by atomic mass is 9.85. The van der Waals surface area contributed by atoms with Gasteiger partial charge in [0.15, 0.2) is 12.4 Å². The number of hydrogen-bond donors (Lipinski definition) is 0. The van der Waals surface area contributed by atoms with Gasteiger partial charge in [0.05, 0.1) is 29.9 Å². The summed E-state index contributed by atoms with van der Waals surface area (Å²) >= 11 is 0. The number of aldehydes is 1. The Morgan fingerprint density at radius 2 is 1.97 bits per heavy atom. The van der Waals surface area contributed by atoms with Gasteiger partial charge in [-0.3, -0.25) is 9.78 Å². The molecule has 0 saturated carbocycles. The third-order valence-electron chi connectivity index (χ3n) is 6.73. The highest BCUT2D eigenvalue weighted by Crippen LogP contribution is 2.45. The van der Waals surface area contributed by atoms with Crippen molar-refractivity contribution >= 4 is 33.9 Å². The van der Waals surface area contributed by atoms with Gasteiger partial charge in [0.1, 0.15) is 11.6 Å². The van der Waals surface area contributed by atoms with Gasteiger partial charge in [-0.25, -0.2) is 9.18 Å². The summed E-state index contributed by atoms with van der Waals surface area (Å²) in [4.78, 5) is 29.7. The molecule has 3 aromatic carbocycles. The zero-order valence-electron chi connectivity index (χ0n) is 22.2. The van der Waals surface area contributed by atoms with Gasteiger partial charge in [-0.05, 0) is 87.0 Å². The number of fused-ring (bicyclic) bond motifs is 1. The SMILES string of the molecule is CCOC(=O)[C@H](OC(C)(C)C)c1c(C)cc2c(F)c(C=O)ccc2c1-c1ccc2c3c(ccnc13)CCO2. The molecule has 0 amide bonds. The van der Waals surface area contributed by atoms with E-state index in [1.54, 1.807) is 25.3 Å². The monoisotopic (exact) mass is 515 g/mol. The van der Waals surface area contributed by atoms with Gasteiger partial charge in [-0.2, -0.15) is 0 Å². The first-order valence-electron chi connectivity index (χ1n) is 12.7. The summed E-state index contributed by atoms with van der Waals surface area (Å²) in [6.07, 6.45) is 1.92. The molecule has 1 aliphatic heterocycles. The van der Waals surface area contributed by atoms with Crippen LogP contribution in [-0.2, 0) is 20.7 Å². The largest absolute Gasteiger partial charge is 0.493 e. The molecule has 6 nitrogen and oxygen atoms in total. The van der Waals surface area contributed by atoms with Crippen LogP contribution in [0.5, 0.6) is 5.75 Å². The molecule has 5 rings (SSSR count). The first-order valence-corrected chi connectivity index (χ1v) is 12.7. The number of aromatic nitrogens is 1. The molecular formula is C31H30FNO5. The molecule has 7 heteroatoms. The topological polar surface area (TPSA) is 74.7 Å². The fourth-order valence-corrected chi connectivity index (χ4v) is 5.22. The van der Waals surface area contributed by atoms with E-state index in [1.165, 1.54) is 6.07 Å². The van der Waals surface area contributed by atoms with Crippen LogP contribution >= 0.6 is 0 Å². The summed E-state index contributed by atoms with van der Waals surface area (Å²) in [6, 6.07) is 10.6. The molecule has 1 aromatic heterocycles. The second kappa shape index (κ2) is 9.80. The number of nitrogens with zero attached hydrogens (tertiary/aromatic N) is 1. The van der Waals surface area contributed by atoms with Crippen LogP contribution in [0, 0.1) is 12.7 Å². The Morgan fingerprint density at radius 1 is 1.18 bits per heavy atom. The second-order valence-corrected chi connectivity index (χ2v) is 10.4. The fourth-order valence-electron chi connectivity index (χ4n) is 5.22. The van der Waals surface area contributed by atoms with Crippen molar-refractivity contribution in [1.82, 2.24) is 4.98 Å². The summed E-state index contributed by atoms with van der Waals surface area (Å²) in [5.41, 5.74) is 3.60. The molecule has 0 bridgehead atoms. The minimum Gasteiger partial charge on any atom is -0.493 e. The van der Waals surface area contributed by atoms with Gasteiger partial charge in [-0.1, -0.05) is 6.07 Å². The molecular weight excluding hydrogens is 485 g/mol. The standard InChI is InChI=1S/C31H30FNO5/c1-6-36-30(35)29(38-31(3,4)5)24-17(2)15-22-20(8-7-19(16-34)27(22)32)26(24)21-9-10-23-25-18(12-14-37-23)11-13-33-28(21)25/h7-11,13,15-16,29H,6,12,14H2,1-5H3/t29-/m1/s1. The van der Waals surface area contributed by atoms with Crippen molar-refractivity contribution in [2.45, 2.75) is 52.7 Å². The van der Waals surface area contributed by atoms with Gasteiger partial charge in [-0.15, -0.1) is 0 Å². The van der Waals surface area contributed by atoms with E-state index in [0.717, 1.165) is 23.1 Å². The molecule has 1 atom stereocenters. The lowest BCUT2D eigenvalue weighted by Crippen LogP contribution is -2.29. The molecule has 0 N–H and O–H groups in total. The van der Waals surface area contributed by atoms with Crippen LogP contribution < -0.4 is 4.74 Å². The van der Waals surface area contributed by atoms with Crippen LogP contribution in [0.15, 0.2) is 42.6 Å². The number of pyridine rings is 1. The summed E-state index contributed by atoms with van der Waals surface area (Å²) in [5.74, 6) is -0.411. The Hall–Kier alpha value is -3.84. The number of benzene rings is 3. The van der Waals surface area contributed by atoms with E-state index in [-0.39, 0.29) is 17.6 Å². The fraction of sp³-hybridized carbons (Fsp3) is 0.323. The van der Waals surface area contributed by atoms with E-state index in [1.807, 2.05) is 45.9 Å². The van der Waals surface area contributed by atoms with E-state index >= 15 is 4.39 Å². The minimum atomic E-state index is -1.08. The number of esters is 1. The van der Waals surface area contributed by atoms with Crippen LogP contribution in [0.4, 0.5) is 4.39 Å². The number of aryl methyl sites for hydroxylation is 1. The Bertz CT molecular complexity index is 1580. The lowest BCUT2D eigenvalue weighted by Gasteiger charge is -2.30. The van der Waals surface area contributed by atoms with Crippen LogP contribution in [0.2, 0.25) is 0 Å². The van der Waals surface area contributed by atoms with Crippen LogP contribution in [0.3, 0.4) is 0 Å². The van der Waals surface area contributed by atoms with E-state index in [0.29, 0.717) is 46.0 Å². The number of hydrogen-bond acceptors (Lipinski definition) is 6. The van der Waals surface area contributed by atoms with Gasteiger partial charge in [0, 0.05) is 34.5 Å². The molecule has 38 heavy (non-hydrogen) atoms. The number of ether oxygens (including phenoxy) is 3. The summed E-state index contributed by atoms with van der Waals surface area (Å²) in [5, 5.41) is 1.71. The molecule has 1 aliphatic rings. The molecule has 0 fully saturated rings. The summed E-state index contributed by atoms with van der Waals surface area (Å²) in [6.45, 7) is 9.92. The molecule has 0 unspecified atom stereocenters. The van der Waals surface area contributed by atoms with Crippen molar-refractivity contribution < 1.29 is 28.2 Å². The smallest absolute Gasteiger partial charge is 0.339 e. The maximum atomic E-state index is 15.5. The Labute approximate surface area is 220 Å². The highest BCUT2D eigenvalue weighted by molar-refractivity contribution is 6.09. The van der Waals surface area contributed by atoms with Crippen molar-refractivity contribution in [2.75, 3.05) is 13.2 Å². The van der Waals surface area contributed by atoms with E-state index < -0.39 is 23.5 Å². The predicted octanol–water partition coefficient (Wildman–Crippen LogP) is 6.67. The van der Waals surface area contributed by atoms with Crippen molar-refractivity contribution in [1.29, 1.82) is 0 Å². The zero-order valence-corrected chi connectivity index (χ0v) is 22.2. The third-order valence-corrected chi connectivity index (χ3v) is 6.73. The van der Waals surface area contributed by atoms with Crippen LogP contribution in [0.1, 0.15) is 60.8 Å². The van der Waals surface area contributed by atoms with Gasteiger partial charge < -0.3 is 14.2 Å². The Morgan fingerprint density at radius 3 is 2.68 bits per heavy atom. The second-order valence-electron chi connectivity index (χ2n) is 10.4. The predicted molar refractivity (Wildman–Crippen MR) is 144 cm³/mol. The van der Waals surface area contributed by atoms with Crippen molar-refractivity contribution in [3.8, 4) is 16.9 Å². The number of rotatable bonds is 6. The van der Waals surface area contributed by atoms with Crippen molar-refractivity contribution in [3.63, 3.8) is 0 Å². The molecule has 0 aliphatic carbocycles. The Balaban J connectivity index is 1.93. The number of carbonyl (C=O) groups is 2. The van der Waals surface area contributed by atoms with E-state index in [9.17, 15) is 9.59 Å². The van der Waals surface area contributed by atoms with Crippen molar-refractivity contribution in [2.24, 2.45) is 0 Å². The number of halogens is 1. The molecule has 4 aromatic rings. The maximum Gasteiger partial charge on any atom is 0.339 e. The summed E-state index contributed by atoms with van der Waals surface area (Å²) < 4.78 is 33.3. The molecule has 196 valence electrons. The highest BCUT2D eigenvalue weighted by atomic mass is 19.1.